The summed E-state index contributed by atoms with van der Waals surface area (Å²) < 4.78 is 1.56. The number of aromatic amines is 1. The number of aromatic nitrogens is 3. The van der Waals surface area contributed by atoms with E-state index in [2.05, 4.69) is 27.4 Å². The van der Waals surface area contributed by atoms with Gasteiger partial charge in [-0.1, -0.05) is 60.3 Å². The summed E-state index contributed by atoms with van der Waals surface area (Å²) in [6.07, 6.45) is 1.80. The summed E-state index contributed by atoms with van der Waals surface area (Å²) >= 11 is 1.27. The fourth-order valence-corrected chi connectivity index (χ4v) is 4.27. The van der Waals surface area contributed by atoms with E-state index in [-0.39, 0.29) is 17.2 Å². The van der Waals surface area contributed by atoms with Crippen LogP contribution in [0, 0.1) is 6.92 Å². The van der Waals surface area contributed by atoms with Crippen LogP contribution in [-0.4, -0.2) is 32.7 Å². The van der Waals surface area contributed by atoms with Crippen molar-refractivity contribution in [1.29, 1.82) is 0 Å². The van der Waals surface area contributed by atoms with Crippen molar-refractivity contribution < 1.29 is 4.79 Å². The maximum absolute atomic E-state index is 13.1. The molecule has 0 saturated heterocycles. The van der Waals surface area contributed by atoms with Gasteiger partial charge in [0.1, 0.15) is 5.52 Å². The quantitative estimate of drug-likeness (QED) is 0.252. The molecule has 0 aliphatic carbocycles. The van der Waals surface area contributed by atoms with E-state index in [1.165, 1.54) is 17.3 Å². The number of para-hydroxylation sites is 1. The highest BCUT2D eigenvalue weighted by Crippen LogP contribution is 2.21. The first-order valence-electron chi connectivity index (χ1n) is 10.2. The minimum atomic E-state index is -0.171. The molecule has 4 rings (SSSR count). The molecule has 2 aromatic heterocycles. The summed E-state index contributed by atoms with van der Waals surface area (Å²) in [4.78, 5) is 33.3. The molecule has 6 nitrogen and oxygen atoms in total. The molecule has 2 heterocycles. The van der Waals surface area contributed by atoms with Crippen molar-refractivity contribution >= 4 is 28.7 Å². The number of hydrogen-bond donors (Lipinski definition) is 2. The Kier molecular flexibility index (Phi) is 6.52. The molecule has 0 atom stereocenters. The van der Waals surface area contributed by atoms with Crippen molar-refractivity contribution in [2.24, 2.45) is 0 Å². The number of carbonyl (C=O) groups excluding carboxylic acids is 1. The van der Waals surface area contributed by atoms with Crippen LogP contribution in [0.2, 0.25) is 0 Å². The van der Waals surface area contributed by atoms with Gasteiger partial charge in [0.25, 0.3) is 5.56 Å². The first-order chi connectivity index (χ1) is 15.1. The Bertz CT molecular complexity index is 1230. The number of nitrogens with one attached hydrogen (secondary N) is 2. The van der Waals surface area contributed by atoms with Crippen LogP contribution in [0.5, 0.6) is 0 Å². The van der Waals surface area contributed by atoms with Gasteiger partial charge in [-0.15, -0.1) is 0 Å². The molecule has 4 aromatic rings. The minimum Gasteiger partial charge on any atom is -0.355 e. The Morgan fingerprint density at radius 3 is 2.55 bits per heavy atom. The van der Waals surface area contributed by atoms with E-state index in [0.717, 1.165) is 24.2 Å². The second kappa shape index (κ2) is 9.66. The van der Waals surface area contributed by atoms with E-state index in [0.29, 0.717) is 22.7 Å². The molecule has 0 fully saturated rings. The standard InChI is InChI=1S/C24H24N4O2S/c1-17-15-20-22(26-17)23(30)28(19-12-6-3-7-13-19)24(27-20)31-16-21(29)25-14-8-11-18-9-4-2-5-10-18/h2-7,9-10,12-13,15,26H,8,11,14,16H2,1H3,(H,25,29). The number of aryl methyl sites for hydroxylation is 2. The van der Waals surface area contributed by atoms with Crippen LogP contribution >= 0.6 is 11.8 Å². The van der Waals surface area contributed by atoms with Gasteiger partial charge in [-0.3, -0.25) is 14.2 Å². The zero-order valence-electron chi connectivity index (χ0n) is 17.3. The largest absolute Gasteiger partial charge is 0.355 e. The highest BCUT2D eigenvalue weighted by Gasteiger charge is 2.16. The number of fused-ring (bicyclic) bond motifs is 1. The Labute approximate surface area is 184 Å². The molecule has 2 N–H and O–H groups in total. The summed E-state index contributed by atoms with van der Waals surface area (Å²) in [6, 6.07) is 21.4. The monoisotopic (exact) mass is 432 g/mol. The summed E-state index contributed by atoms with van der Waals surface area (Å²) in [5, 5.41) is 3.46. The first-order valence-corrected chi connectivity index (χ1v) is 11.2. The summed E-state index contributed by atoms with van der Waals surface area (Å²) in [7, 11) is 0. The second-order valence-corrected chi connectivity index (χ2v) is 8.25. The molecule has 7 heteroatoms. The fourth-order valence-electron chi connectivity index (χ4n) is 3.43. The SMILES string of the molecule is Cc1cc2nc(SCC(=O)NCCCc3ccccc3)n(-c3ccccc3)c(=O)c2[nH]1. The summed E-state index contributed by atoms with van der Waals surface area (Å²) in [6.45, 7) is 2.51. The normalized spacial score (nSPS) is 11.0. The predicted molar refractivity (Wildman–Crippen MR) is 125 cm³/mol. The van der Waals surface area contributed by atoms with Gasteiger partial charge in [-0.25, -0.2) is 4.98 Å². The number of thioether (sulfide) groups is 1. The van der Waals surface area contributed by atoms with Gasteiger partial charge in [-0.2, -0.15) is 0 Å². The molecule has 0 radical (unpaired) electrons. The number of nitrogens with zero attached hydrogens (tertiary/aromatic N) is 2. The van der Waals surface area contributed by atoms with Crippen molar-refractivity contribution in [2.45, 2.75) is 24.9 Å². The van der Waals surface area contributed by atoms with Gasteiger partial charge in [0.15, 0.2) is 5.16 Å². The average molecular weight is 433 g/mol. The van der Waals surface area contributed by atoms with Gasteiger partial charge in [-0.05, 0) is 43.5 Å². The number of amides is 1. The van der Waals surface area contributed by atoms with E-state index >= 15 is 0 Å². The van der Waals surface area contributed by atoms with Crippen molar-refractivity contribution in [3.05, 3.63) is 88.3 Å². The van der Waals surface area contributed by atoms with Gasteiger partial charge in [0.05, 0.1) is 17.0 Å². The second-order valence-electron chi connectivity index (χ2n) is 7.31. The van der Waals surface area contributed by atoms with E-state index in [1.807, 2.05) is 61.5 Å². The molecule has 158 valence electrons. The Balaban J connectivity index is 1.45. The van der Waals surface area contributed by atoms with Crippen molar-refractivity contribution in [3.8, 4) is 5.69 Å². The minimum absolute atomic E-state index is 0.0720. The highest BCUT2D eigenvalue weighted by molar-refractivity contribution is 7.99. The van der Waals surface area contributed by atoms with Crippen LogP contribution in [0.3, 0.4) is 0 Å². The van der Waals surface area contributed by atoms with Crippen LogP contribution in [0.4, 0.5) is 0 Å². The van der Waals surface area contributed by atoms with E-state index in [1.54, 1.807) is 4.57 Å². The summed E-state index contributed by atoms with van der Waals surface area (Å²) in [5.74, 6) is 0.122. The fraction of sp³-hybridized carbons (Fsp3) is 0.208. The molecule has 0 spiro atoms. The number of rotatable bonds is 8. The van der Waals surface area contributed by atoms with E-state index < -0.39 is 0 Å². The van der Waals surface area contributed by atoms with Crippen molar-refractivity contribution in [3.63, 3.8) is 0 Å². The van der Waals surface area contributed by atoms with Crippen LogP contribution in [0.1, 0.15) is 17.7 Å². The average Bonchev–Trinajstić information content (AvgIpc) is 3.17. The lowest BCUT2D eigenvalue weighted by Crippen LogP contribution is -2.27. The zero-order chi connectivity index (χ0) is 21.6. The maximum atomic E-state index is 13.1. The van der Waals surface area contributed by atoms with Gasteiger partial charge in [0, 0.05) is 12.2 Å². The van der Waals surface area contributed by atoms with Crippen LogP contribution in [-0.2, 0) is 11.2 Å². The lowest BCUT2D eigenvalue weighted by molar-refractivity contribution is -0.118. The first kappa shape index (κ1) is 20.9. The smallest absolute Gasteiger partial charge is 0.283 e. The van der Waals surface area contributed by atoms with E-state index in [4.69, 9.17) is 0 Å². The summed E-state index contributed by atoms with van der Waals surface area (Å²) in [5.41, 5.74) is 3.77. The molecule has 1 amide bonds. The third kappa shape index (κ3) is 5.06. The lowest BCUT2D eigenvalue weighted by Gasteiger charge is -2.12. The third-order valence-corrected chi connectivity index (χ3v) is 5.85. The Morgan fingerprint density at radius 2 is 1.81 bits per heavy atom. The predicted octanol–water partition coefficient (Wildman–Crippen LogP) is 3.86. The Hall–Kier alpha value is -3.32. The topological polar surface area (TPSA) is 79.8 Å². The van der Waals surface area contributed by atoms with Gasteiger partial charge >= 0.3 is 0 Å². The van der Waals surface area contributed by atoms with Crippen molar-refractivity contribution in [1.82, 2.24) is 19.9 Å². The van der Waals surface area contributed by atoms with Crippen LogP contribution in [0.25, 0.3) is 16.7 Å². The number of hydrogen-bond acceptors (Lipinski definition) is 4. The maximum Gasteiger partial charge on any atom is 0.283 e. The van der Waals surface area contributed by atoms with Crippen molar-refractivity contribution in [2.75, 3.05) is 12.3 Å². The molecule has 0 aliphatic heterocycles. The molecule has 0 saturated carbocycles. The number of H-pyrrole nitrogens is 1. The molecule has 0 aliphatic rings. The molecule has 0 unspecified atom stereocenters. The molecule has 2 aromatic carbocycles. The molecule has 0 bridgehead atoms. The highest BCUT2D eigenvalue weighted by atomic mass is 32.2. The Morgan fingerprint density at radius 1 is 1.10 bits per heavy atom. The molecule has 31 heavy (non-hydrogen) atoms. The van der Waals surface area contributed by atoms with Crippen LogP contribution < -0.4 is 10.9 Å². The van der Waals surface area contributed by atoms with Crippen LogP contribution in [0.15, 0.2) is 76.7 Å². The van der Waals surface area contributed by atoms with Gasteiger partial charge < -0.3 is 10.3 Å². The molecular weight excluding hydrogens is 408 g/mol. The number of carbonyl (C=O) groups is 1. The third-order valence-electron chi connectivity index (χ3n) is 4.91. The number of benzene rings is 2. The lowest BCUT2D eigenvalue weighted by atomic mass is 10.1. The molecular formula is C24H24N4O2S. The van der Waals surface area contributed by atoms with Gasteiger partial charge in [0.2, 0.25) is 5.91 Å². The zero-order valence-corrected chi connectivity index (χ0v) is 18.1. The van der Waals surface area contributed by atoms with E-state index in [9.17, 15) is 9.59 Å².